The summed E-state index contributed by atoms with van der Waals surface area (Å²) in [6.07, 6.45) is 2.37. The van der Waals surface area contributed by atoms with Crippen molar-refractivity contribution in [3.05, 3.63) is 17.8 Å². The number of nitrogens with zero attached hydrogens (tertiary/aromatic N) is 1. The molecule has 1 saturated heterocycles. The van der Waals surface area contributed by atoms with Crippen molar-refractivity contribution in [2.75, 3.05) is 5.75 Å². The van der Waals surface area contributed by atoms with Crippen LogP contribution in [0.3, 0.4) is 0 Å². The Bertz CT molecular complexity index is 488. The number of hydrogen-bond donors (Lipinski definition) is 0. The van der Waals surface area contributed by atoms with Crippen molar-refractivity contribution in [2.45, 2.75) is 25.0 Å². The summed E-state index contributed by atoms with van der Waals surface area (Å²) in [5.41, 5.74) is 0.187. The second-order valence-electron chi connectivity index (χ2n) is 3.63. The van der Waals surface area contributed by atoms with Crippen molar-refractivity contribution < 1.29 is 17.6 Å². The van der Waals surface area contributed by atoms with Crippen LogP contribution in [-0.2, 0) is 9.84 Å². The average molecular weight is 229 g/mol. The van der Waals surface area contributed by atoms with Crippen LogP contribution in [0.2, 0.25) is 0 Å². The Labute approximate surface area is 87.4 Å². The molecule has 2 rings (SSSR count). The first-order chi connectivity index (χ1) is 7.00. The number of sulfone groups is 1. The third-order valence-corrected chi connectivity index (χ3v) is 4.65. The van der Waals surface area contributed by atoms with Gasteiger partial charge in [-0.25, -0.2) is 13.4 Å². The molecule has 15 heavy (non-hydrogen) atoms. The summed E-state index contributed by atoms with van der Waals surface area (Å²) in [7, 11) is -3.12. The first kappa shape index (κ1) is 10.4. The fraction of sp³-hybridized carbons (Fsp3) is 0.556. The second kappa shape index (κ2) is 3.44. The zero-order valence-corrected chi connectivity index (χ0v) is 9.08. The van der Waals surface area contributed by atoms with Gasteiger partial charge in [-0.1, -0.05) is 0 Å². The normalized spacial score (nSPS) is 24.2. The molecule has 0 amide bonds. The lowest BCUT2D eigenvalue weighted by Crippen LogP contribution is -2.08. The number of rotatable bonds is 2. The zero-order valence-electron chi connectivity index (χ0n) is 8.26. The van der Waals surface area contributed by atoms with E-state index in [4.69, 9.17) is 4.42 Å². The van der Waals surface area contributed by atoms with Gasteiger partial charge in [0.2, 0.25) is 5.89 Å². The van der Waals surface area contributed by atoms with Crippen LogP contribution in [0.25, 0.3) is 0 Å². The molecule has 0 aliphatic carbocycles. The van der Waals surface area contributed by atoms with E-state index in [1.807, 2.05) is 0 Å². The Hall–Kier alpha value is -1.17. The molecule has 0 N–H and O–H groups in total. The number of aromatic nitrogens is 1. The van der Waals surface area contributed by atoms with Gasteiger partial charge in [-0.2, -0.15) is 0 Å². The van der Waals surface area contributed by atoms with Gasteiger partial charge < -0.3 is 4.42 Å². The second-order valence-corrected chi connectivity index (χ2v) is 5.93. The molecule has 1 unspecified atom stereocenters. The summed E-state index contributed by atoms with van der Waals surface area (Å²) >= 11 is 0. The van der Waals surface area contributed by atoms with Crippen molar-refractivity contribution in [3.8, 4) is 0 Å². The van der Waals surface area contributed by atoms with Crippen molar-refractivity contribution in [2.24, 2.45) is 0 Å². The van der Waals surface area contributed by atoms with Crippen LogP contribution < -0.4 is 0 Å². The predicted octanol–water partition coefficient (Wildman–Crippen LogP) is 1.13. The fourth-order valence-electron chi connectivity index (χ4n) is 1.67. The minimum absolute atomic E-state index is 0.151. The van der Waals surface area contributed by atoms with Gasteiger partial charge in [-0.05, 0) is 12.8 Å². The summed E-state index contributed by atoms with van der Waals surface area (Å²) in [6.45, 7) is 1.37. The smallest absolute Gasteiger partial charge is 0.213 e. The molecule has 2 heterocycles. The van der Waals surface area contributed by atoms with Gasteiger partial charge >= 0.3 is 0 Å². The Kier molecular flexibility index (Phi) is 2.38. The molecule has 6 heteroatoms. The van der Waals surface area contributed by atoms with E-state index >= 15 is 0 Å². The third kappa shape index (κ3) is 1.81. The van der Waals surface area contributed by atoms with Gasteiger partial charge in [0.15, 0.2) is 15.6 Å². The largest absolute Gasteiger partial charge is 0.447 e. The standard InChI is InChI=1S/C9H11NO4S/c1-6(11)7-5-14-9(10-7)8-3-2-4-15(8,12)13/h5,8H,2-4H2,1H3. The first-order valence-electron chi connectivity index (χ1n) is 4.68. The molecule has 1 aliphatic rings. The maximum Gasteiger partial charge on any atom is 0.213 e. The molecule has 0 saturated carbocycles. The summed E-state index contributed by atoms with van der Waals surface area (Å²) in [6, 6.07) is 0. The molecule has 82 valence electrons. The first-order valence-corrected chi connectivity index (χ1v) is 6.40. The molecule has 0 spiro atoms. The van der Waals surface area contributed by atoms with Gasteiger partial charge in [-0.3, -0.25) is 4.79 Å². The van der Waals surface area contributed by atoms with Crippen molar-refractivity contribution in [3.63, 3.8) is 0 Å². The Balaban J connectivity index is 2.34. The van der Waals surface area contributed by atoms with Crippen molar-refractivity contribution in [1.82, 2.24) is 4.98 Å². The minimum atomic E-state index is -3.12. The van der Waals surface area contributed by atoms with Crippen LogP contribution in [0, 0.1) is 0 Å². The molecule has 0 bridgehead atoms. The van der Waals surface area contributed by atoms with Crippen LogP contribution in [0.4, 0.5) is 0 Å². The Morgan fingerprint density at radius 3 is 2.80 bits per heavy atom. The van der Waals surface area contributed by atoms with Crippen molar-refractivity contribution in [1.29, 1.82) is 0 Å². The highest BCUT2D eigenvalue weighted by Crippen LogP contribution is 2.33. The van der Waals surface area contributed by atoms with E-state index in [-0.39, 0.29) is 23.1 Å². The van der Waals surface area contributed by atoms with Crippen molar-refractivity contribution >= 4 is 15.6 Å². The number of hydrogen-bond acceptors (Lipinski definition) is 5. The van der Waals surface area contributed by atoms with E-state index in [1.54, 1.807) is 0 Å². The molecule has 0 radical (unpaired) electrons. The van der Waals surface area contributed by atoms with E-state index in [9.17, 15) is 13.2 Å². The highest BCUT2D eigenvalue weighted by Gasteiger charge is 2.36. The van der Waals surface area contributed by atoms with E-state index in [1.165, 1.54) is 13.2 Å². The quantitative estimate of drug-likeness (QED) is 0.710. The van der Waals surface area contributed by atoms with Crippen LogP contribution in [-0.4, -0.2) is 24.9 Å². The number of Topliss-reactive ketones (excluding diaryl/α,β-unsaturated/α-hetero) is 1. The SMILES string of the molecule is CC(=O)c1coc(C2CCCS2(=O)=O)n1. The number of oxazole rings is 1. The molecule has 5 nitrogen and oxygen atoms in total. The van der Waals surface area contributed by atoms with Crippen LogP contribution in [0.15, 0.2) is 10.7 Å². The van der Waals surface area contributed by atoms with Crippen LogP contribution >= 0.6 is 0 Å². The van der Waals surface area contributed by atoms with Crippen LogP contribution in [0.1, 0.15) is 41.4 Å². The molecule has 0 aromatic carbocycles. The highest BCUT2D eigenvalue weighted by molar-refractivity contribution is 7.91. The molecule has 1 aromatic rings. The van der Waals surface area contributed by atoms with Gasteiger partial charge in [-0.15, -0.1) is 0 Å². The molecular weight excluding hydrogens is 218 g/mol. The Morgan fingerprint density at radius 1 is 1.60 bits per heavy atom. The maximum absolute atomic E-state index is 11.6. The number of carbonyl (C=O) groups is 1. The lowest BCUT2D eigenvalue weighted by Gasteiger charge is -2.02. The summed E-state index contributed by atoms with van der Waals surface area (Å²) in [5.74, 6) is 0.105. The van der Waals surface area contributed by atoms with Gasteiger partial charge in [0.25, 0.3) is 0 Å². The number of carbonyl (C=O) groups excluding carboxylic acids is 1. The van der Waals surface area contributed by atoms with E-state index in [0.29, 0.717) is 12.8 Å². The molecule has 1 aliphatic heterocycles. The van der Waals surface area contributed by atoms with Gasteiger partial charge in [0, 0.05) is 6.92 Å². The monoisotopic (exact) mass is 229 g/mol. The lowest BCUT2D eigenvalue weighted by atomic mass is 10.2. The molecular formula is C9H11NO4S. The maximum atomic E-state index is 11.6. The Morgan fingerprint density at radius 2 is 2.33 bits per heavy atom. The summed E-state index contributed by atoms with van der Waals surface area (Å²) < 4.78 is 28.1. The lowest BCUT2D eigenvalue weighted by molar-refractivity contribution is 0.101. The zero-order chi connectivity index (χ0) is 11.1. The third-order valence-electron chi connectivity index (χ3n) is 2.49. The molecule has 1 atom stereocenters. The van der Waals surface area contributed by atoms with E-state index < -0.39 is 15.1 Å². The summed E-state index contributed by atoms with van der Waals surface area (Å²) in [4.78, 5) is 14.9. The molecule has 1 aromatic heterocycles. The highest BCUT2D eigenvalue weighted by atomic mass is 32.2. The topological polar surface area (TPSA) is 77.2 Å². The van der Waals surface area contributed by atoms with E-state index in [2.05, 4.69) is 4.98 Å². The average Bonchev–Trinajstić information content (AvgIpc) is 2.69. The summed E-state index contributed by atoms with van der Waals surface area (Å²) in [5, 5.41) is -0.661. The fourth-order valence-corrected chi connectivity index (χ4v) is 3.46. The van der Waals surface area contributed by atoms with Gasteiger partial charge in [0.05, 0.1) is 5.75 Å². The number of ketones is 1. The minimum Gasteiger partial charge on any atom is -0.447 e. The van der Waals surface area contributed by atoms with Crippen LogP contribution in [0.5, 0.6) is 0 Å². The van der Waals surface area contributed by atoms with E-state index in [0.717, 1.165) is 0 Å². The molecule has 1 fully saturated rings. The van der Waals surface area contributed by atoms with Gasteiger partial charge in [0.1, 0.15) is 17.2 Å². The predicted molar refractivity (Wildman–Crippen MR) is 52.3 cm³/mol.